The number of nitrogens with zero attached hydrogens (tertiary/aromatic N) is 1. The lowest BCUT2D eigenvalue weighted by molar-refractivity contribution is -0.125. The molecule has 0 aliphatic carbocycles. The van der Waals surface area contributed by atoms with Crippen molar-refractivity contribution in [2.75, 3.05) is 25.5 Å². The van der Waals surface area contributed by atoms with Gasteiger partial charge in [0.15, 0.2) is 0 Å². The summed E-state index contributed by atoms with van der Waals surface area (Å²) in [5.74, 6) is -0.822. The second kappa shape index (κ2) is 11.6. The summed E-state index contributed by atoms with van der Waals surface area (Å²) in [6.07, 6.45) is 1.45. The first-order chi connectivity index (χ1) is 17.8. The summed E-state index contributed by atoms with van der Waals surface area (Å²) < 4.78 is 38.3. The number of esters is 1. The van der Waals surface area contributed by atoms with Gasteiger partial charge in [-0.3, -0.25) is 4.79 Å². The molecule has 1 N–H and O–H groups in total. The lowest BCUT2D eigenvalue weighted by Crippen LogP contribution is -2.35. The highest BCUT2D eigenvalue weighted by Gasteiger charge is 2.28. The lowest BCUT2D eigenvalue weighted by atomic mass is 10.1. The van der Waals surface area contributed by atoms with E-state index in [0.717, 1.165) is 24.8 Å². The molecule has 1 aliphatic rings. The predicted molar refractivity (Wildman–Crippen MR) is 140 cm³/mol. The predicted octanol–water partition coefficient (Wildman–Crippen LogP) is 4.72. The van der Waals surface area contributed by atoms with Gasteiger partial charge in [0.25, 0.3) is 5.91 Å². The number of aryl methyl sites for hydroxylation is 1. The van der Waals surface area contributed by atoms with Gasteiger partial charge in [0.2, 0.25) is 16.1 Å². The molecule has 1 saturated heterocycles. The Labute approximate surface area is 217 Å². The standard InChI is InChI=1S/C28H30N2O6S/c1-20-11-16-25(35-2)24(19-20)29-27(31)26(21-9-5-3-6-10-21)36-28(32)22-12-14-23(15-13-22)37(33,34)30-17-7-4-8-18-30/h3,5-6,9-16,19,26H,4,7-8,17-18H2,1-2H3,(H,29,31). The molecule has 3 aromatic carbocycles. The number of piperidine rings is 1. The van der Waals surface area contributed by atoms with E-state index in [0.29, 0.717) is 30.1 Å². The van der Waals surface area contributed by atoms with Crippen molar-refractivity contribution in [3.05, 3.63) is 89.5 Å². The molecule has 8 nitrogen and oxygen atoms in total. The number of carbonyl (C=O) groups is 2. The van der Waals surface area contributed by atoms with E-state index in [1.165, 1.54) is 35.7 Å². The number of hydrogen-bond donors (Lipinski definition) is 1. The molecular formula is C28H30N2O6S. The van der Waals surface area contributed by atoms with Gasteiger partial charge in [0, 0.05) is 18.7 Å². The highest BCUT2D eigenvalue weighted by molar-refractivity contribution is 7.89. The lowest BCUT2D eigenvalue weighted by Gasteiger charge is -2.25. The van der Waals surface area contributed by atoms with Crippen LogP contribution in [0.25, 0.3) is 0 Å². The summed E-state index contributed by atoms with van der Waals surface area (Å²) in [6, 6.07) is 19.7. The fraction of sp³-hybridized carbons (Fsp3) is 0.286. The summed E-state index contributed by atoms with van der Waals surface area (Å²) in [7, 11) is -2.12. The number of rotatable bonds is 8. The molecular weight excluding hydrogens is 492 g/mol. The monoisotopic (exact) mass is 522 g/mol. The summed E-state index contributed by atoms with van der Waals surface area (Å²) in [5.41, 5.74) is 2.00. The number of sulfonamides is 1. The topological polar surface area (TPSA) is 102 Å². The fourth-order valence-corrected chi connectivity index (χ4v) is 5.73. The van der Waals surface area contributed by atoms with Crippen LogP contribution in [0, 0.1) is 6.92 Å². The maximum atomic E-state index is 13.3. The fourth-order valence-electron chi connectivity index (χ4n) is 4.21. The third-order valence-electron chi connectivity index (χ3n) is 6.22. The Morgan fingerprint density at radius 3 is 2.24 bits per heavy atom. The molecule has 37 heavy (non-hydrogen) atoms. The zero-order valence-corrected chi connectivity index (χ0v) is 21.7. The molecule has 0 spiro atoms. The molecule has 1 heterocycles. The van der Waals surface area contributed by atoms with Crippen LogP contribution in [0.15, 0.2) is 77.7 Å². The van der Waals surface area contributed by atoms with Crippen molar-refractivity contribution < 1.29 is 27.5 Å². The van der Waals surface area contributed by atoms with Gasteiger partial charge in [-0.25, -0.2) is 13.2 Å². The Kier molecular flexibility index (Phi) is 8.25. The first-order valence-corrected chi connectivity index (χ1v) is 13.6. The molecule has 0 aromatic heterocycles. The quantitative estimate of drug-likeness (QED) is 0.430. The molecule has 4 rings (SSSR count). The summed E-state index contributed by atoms with van der Waals surface area (Å²) in [5, 5.41) is 2.80. The number of hydrogen-bond acceptors (Lipinski definition) is 6. The van der Waals surface area contributed by atoms with Gasteiger partial charge in [-0.2, -0.15) is 4.31 Å². The second-order valence-corrected chi connectivity index (χ2v) is 10.8. The van der Waals surface area contributed by atoms with Crippen molar-refractivity contribution in [3.63, 3.8) is 0 Å². The van der Waals surface area contributed by atoms with Gasteiger partial charge in [0.05, 0.1) is 23.3 Å². The zero-order chi connectivity index (χ0) is 26.4. The molecule has 0 radical (unpaired) electrons. The molecule has 0 bridgehead atoms. The van der Waals surface area contributed by atoms with Crippen LogP contribution in [0.2, 0.25) is 0 Å². The first-order valence-electron chi connectivity index (χ1n) is 12.1. The van der Waals surface area contributed by atoms with E-state index in [9.17, 15) is 18.0 Å². The van der Waals surface area contributed by atoms with Gasteiger partial charge in [-0.1, -0.05) is 42.8 Å². The van der Waals surface area contributed by atoms with E-state index in [-0.39, 0.29) is 10.5 Å². The van der Waals surface area contributed by atoms with Gasteiger partial charge < -0.3 is 14.8 Å². The largest absolute Gasteiger partial charge is 0.495 e. The Morgan fingerprint density at radius 2 is 1.59 bits per heavy atom. The number of nitrogens with one attached hydrogen (secondary N) is 1. The highest BCUT2D eigenvalue weighted by atomic mass is 32.2. The van der Waals surface area contributed by atoms with Crippen LogP contribution in [-0.2, 0) is 19.6 Å². The van der Waals surface area contributed by atoms with E-state index in [1.807, 2.05) is 13.0 Å². The normalized spacial score (nSPS) is 15.0. The smallest absolute Gasteiger partial charge is 0.339 e. The molecule has 1 fully saturated rings. The van der Waals surface area contributed by atoms with Crippen molar-refractivity contribution in [2.45, 2.75) is 37.2 Å². The molecule has 0 saturated carbocycles. The van der Waals surface area contributed by atoms with Gasteiger partial charge in [-0.15, -0.1) is 0 Å². The molecule has 1 aliphatic heterocycles. The van der Waals surface area contributed by atoms with Crippen molar-refractivity contribution in [1.82, 2.24) is 4.31 Å². The molecule has 1 unspecified atom stereocenters. The number of ether oxygens (including phenoxy) is 2. The molecule has 194 valence electrons. The van der Waals surface area contributed by atoms with Crippen molar-refractivity contribution in [1.29, 1.82) is 0 Å². The van der Waals surface area contributed by atoms with Crippen LogP contribution >= 0.6 is 0 Å². The molecule has 9 heteroatoms. The van der Waals surface area contributed by atoms with Crippen LogP contribution in [0.5, 0.6) is 5.75 Å². The van der Waals surface area contributed by atoms with Crippen molar-refractivity contribution in [2.24, 2.45) is 0 Å². The van der Waals surface area contributed by atoms with Crippen molar-refractivity contribution >= 4 is 27.6 Å². The van der Waals surface area contributed by atoms with Crippen LogP contribution in [0.3, 0.4) is 0 Å². The summed E-state index contributed by atoms with van der Waals surface area (Å²) in [4.78, 5) is 26.4. The van der Waals surface area contributed by atoms with E-state index < -0.39 is 28.0 Å². The average Bonchev–Trinajstić information content (AvgIpc) is 2.92. The van der Waals surface area contributed by atoms with E-state index in [1.54, 1.807) is 42.5 Å². The Balaban J connectivity index is 1.54. The SMILES string of the molecule is COc1ccc(C)cc1NC(=O)C(OC(=O)c1ccc(S(=O)(=O)N2CCCCC2)cc1)c1ccccc1. The van der Waals surface area contributed by atoms with Crippen LogP contribution in [0.4, 0.5) is 5.69 Å². The molecule has 1 atom stereocenters. The summed E-state index contributed by atoms with van der Waals surface area (Å²) >= 11 is 0. The maximum absolute atomic E-state index is 13.3. The molecule has 3 aromatic rings. The number of carbonyl (C=O) groups excluding carboxylic acids is 2. The van der Waals surface area contributed by atoms with E-state index >= 15 is 0 Å². The zero-order valence-electron chi connectivity index (χ0n) is 20.8. The Bertz CT molecular complexity index is 1350. The van der Waals surface area contributed by atoms with Gasteiger partial charge in [0.1, 0.15) is 5.75 Å². The number of anilines is 1. The average molecular weight is 523 g/mol. The minimum atomic E-state index is -3.62. The number of methoxy groups -OCH3 is 1. The minimum Gasteiger partial charge on any atom is -0.495 e. The summed E-state index contributed by atoms with van der Waals surface area (Å²) in [6.45, 7) is 2.87. The van der Waals surface area contributed by atoms with Crippen LogP contribution in [-0.4, -0.2) is 44.8 Å². The number of benzene rings is 3. The Morgan fingerprint density at radius 1 is 0.919 bits per heavy atom. The Hall–Kier alpha value is -3.69. The van der Waals surface area contributed by atoms with Gasteiger partial charge in [-0.05, 0) is 61.7 Å². The van der Waals surface area contributed by atoms with E-state index in [4.69, 9.17) is 9.47 Å². The first kappa shape index (κ1) is 26.4. The minimum absolute atomic E-state index is 0.120. The van der Waals surface area contributed by atoms with Crippen LogP contribution < -0.4 is 10.1 Å². The van der Waals surface area contributed by atoms with Crippen molar-refractivity contribution in [3.8, 4) is 5.75 Å². The maximum Gasteiger partial charge on any atom is 0.339 e. The third-order valence-corrected chi connectivity index (χ3v) is 8.13. The second-order valence-electron chi connectivity index (χ2n) is 8.88. The van der Waals surface area contributed by atoms with Crippen LogP contribution in [0.1, 0.15) is 46.9 Å². The number of amides is 1. The molecule has 1 amide bonds. The highest BCUT2D eigenvalue weighted by Crippen LogP contribution is 2.28. The third kappa shape index (κ3) is 6.18. The van der Waals surface area contributed by atoms with E-state index in [2.05, 4.69) is 5.32 Å². The van der Waals surface area contributed by atoms with Gasteiger partial charge >= 0.3 is 5.97 Å².